The normalized spacial score (nSPS) is 11.4. The molecule has 0 N–H and O–H groups in total. The highest BCUT2D eigenvalue weighted by Crippen LogP contribution is 2.26. The van der Waals surface area contributed by atoms with Crippen molar-refractivity contribution in [1.82, 2.24) is 0 Å². The molecule has 0 nitrogen and oxygen atoms in total. The van der Waals surface area contributed by atoms with Crippen LogP contribution in [0.1, 0.15) is 63.9 Å². The van der Waals surface area contributed by atoms with E-state index in [9.17, 15) is 0 Å². The van der Waals surface area contributed by atoms with Crippen LogP contribution in [-0.2, 0) is 6.42 Å². The molecule has 0 fully saturated rings. The van der Waals surface area contributed by atoms with E-state index in [2.05, 4.69) is 61.5 Å². The molecule has 0 aliphatic carbocycles. The lowest BCUT2D eigenvalue weighted by atomic mass is 9.96. The molecule has 24 heavy (non-hydrogen) atoms. The van der Waals surface area contributed by atoms with Gasteiger partial charge in [-0.05, 0) is 58.1 Å². The highest BCUT2D eigenvalue weighted by atomic mass is 14.1. The molecule has 0 amide bonds. The third-order valence-corrected chi connectivity index (χ3v) is 5.04. The average molecular weight is 317 g/mol. The van der Waals surface area contributed by atoms with Gasteiger partial charge in [-0.25, -0.2) is 0 Å². The van der Waals surface area contributed by atoms with Crippen LogP contribution in [0.15, 0.2) is 48.5 Å². The molecule has 3 rings (SSSR count). The molecular weight excluding hydrogens is 288 g/mol. The Balaban J connectivity index is 1.59. The fraction of sp³-hybridized carbons (Fsp3) is 0.417. The zero-order valence-corrected chi connectivity index (χ0v) is 15.0. The van der Waals surface area contributed by atoms with E-state index in [1.807, 2.05) is 0 Å². The largest absolute Gasteiger partial charge is 0.0654 e. The highest BCUT2D eigenvalue weighted by molar-refractivity contribution is 5.99. The first-order valence-electron chi connectivity index (χ1n) is 9.70. The lowest BCUT2D eigenvalue weighted by molar-refractivity contribution is 0.576. The second-order valence-electron chi connectivity index (χ2n) is 6.97. The van der Waals surface area contributed by atoms with E-state index >= 15 is 0 Å². The first-order valence-corrected chi connectivity index (χ1v) is 9.70. The van der Waals surface area contributed by atoms with Crippen molar-refractivity contribution in [1.29, 1.82) is 0 Å². The van der Waals surface area contributed by atoms with Gasteiger partial charge in [0, 0.05) is 0 Å². The van der Waals surface area contributed by atoms with Crippen LogP contribution in [0.2, 0.25) is 0 Å². The maximum Gasteiger partial charge on any atom is -0.0139 e. The van der Waals surface area contributed by atoms with Crippen LogP contribution in [0, 0.1) is 6.07 Å². The second-order valence-corrected chi connectivity index (χ2v) is 6.97. The molecule has 0 atom stereocenters. The number of aryl methyl sites for hydroxylation is 1. The predicted molar refractivity (Wildman–Crippen MR) is 107 cm³/mol. The zero-order chi connectivity index (χ0) is 16.6. The van der Waals surface area contributed by atoms with E-state index in [-0.39, 0.29) is 0 Å². The minimum Gasteiger partial charge on any atom is -0.0654 e. The highest BCUT2D eigenvalue weighted by Gasteiger charge is 2.03. The van der Waals surface area contributed by atoms with E-state index in [0.29, 0.717) is 0 Å². The van der Waals surface area contributed by atoms with Crippen molar-refractivity contribution in [3.8, 4) is 0 Å². The van der Waals surface area contributed by atoms with E-state index in [1.165, 1.54) is 78.5 Å². The summed E-state index contributed by atoms with van der Waals surface area (Å²) in [5.41, 5.74) is 1.39. The number of fused-ring (bicyclic) bond motifs is 2. The molecule has 1 radical (unpaired) electrons. The van der Waals surface area contributed by atoms with Gasteiger partial charge < -0.3 is 0 Å². The van der Waals surface area contributed by atoms with E-state index in [4.69, 9.17) is 0 Å². The molecule has 0 bridgehead atoms. The Morgan fingerprint density at radius 3 is 2.12 bits per heavy atom. The molecule has 0 heterocycles. The summed E-state index contributed by atoms with van der Waals surface area (Å²) in [4.78, 5) is 0. The molecule has 0 aliphatic rings. The molecule has 0 saturated carbocycles. The number of hydrogen-bond acceptors (Lipinski definition) is 0. The minimum absolute atomic E-state index is 1.16. The SMILES string of the molecule is CCCCCCCCCCc1[c]ccc2cc3ccccc3cc12. The van der Waals surface area contributed by atoms with Crippen molar-refractivity contribution < 1.29 is 0 Å². The Hall–Kier alpha value is -1.82. The molecule has 0 aromatic heterocycles. The summed E-state index contributed by atoms with van der Waals surface area (Å²) >= 11 is 0. The summed E-state index contributed by atoms with van der Waals surface area (Å²) in [6.45, 7) is 2.28. The van der Waals surface area contributed by atoms with Crippen molar-refractivity contribution in [2.24, 2.45) is 0 Å². The van der Waals surface area contributed by atoms with E-state index in [0.717, 1.165) is 6.42 Å². The van der Waals surface area contributed by atoms with Gasteiger partial charge in [-0.2, -0.15) is 0 Å². The van der Waals surface area contributed by atoms with Crippen LogP contribution in [0.4, 0.5) is 0 Å². The second kappa shape index (κ2) is 8.87. The van der Waals surface area contributed by atoms with Crippen molar-refractivity contribution in [2.75, 3.05) is 0 Å². The Morgan fingerprint density at radius 2 is 1.38 bits per heavy atom. The van der Waals surface area contributed by atoms with Crippen LogP contribution >= 0.6 is 0 Å². The summed E-state index contributed by atoms with van der Waals surface area (Å²) in [7, 11) is 0. The van der Waals surface area contributed by atoms with E-state index in [1.54, 1.807) is 0 Å². The molecule has 3 aromatic rings. The fourth-order valence-corrected chi connectivity index (χ4v) is 3.61. The summed E-state index contributed by atoms with van der Waals surface area (Å²) in [5, 5.41) is 5.40. The Morgan fingerprint density at radius 1 is 0.708 bits per heavy atom. The van der Waals surface area contributed by atoms with Gasteiger partial charge in [-0.15, -0.1) is 0 Å². The fourth-order valence-electron chi connectivity index (χ4n) is 3.61. The van der Waals surface area contributed by atoms with Gasteiger partial charge in [0.15, 0.2) is 0 Å². The number of benzene rings is 3. The Labute approximate surface area is 146 Å². The van der Waals surface area contributed by atoms with Gasteiger partial charge in [0.2, 0.25) is 0 Å². The van der Waals surface area contributed by atoms with Gasteiger partial charge in [0.05, 0.1) is 0 Å². The number of unbranched alkanes of at least 4 members (excludes halogenated alkanes) is 7. The lowest BCUT2D eigenvalue weighted by Crippen LogP contribution is -1.89. The van der Waals surface area contributed by atoms with E-state index < -0.39 is 0 Å². The van der Waals surface area contributed by atoms with Crippen LogP contribution in [0.3, 0.4) is 0 Å². The molecule has 125 valence electrons. The minimum atomic E-state index is 1.16. The van der Waals surface area contributed by atoms with Crippen LogP contribution in [0.5, 0.6) is 0 Å². The van der Waals surface area contributed by atoms with Crippen LogP contribution < -0.4 is 0 Å². The summed E-state index contributed by atoms with van der Waals surface area (Å²) in [6, 6.07) is 21.1. The van der Waals surface area contributed by atoms with Crippen molar-refractivity contribution >= 4 is 21.5 Å². The van der Waals surface area contributed by atoms with Gasteiger partial charge in [0.25, 0.3) is 0 Å². The molecular formula is C24H29. The van der Waals surface area contributed by atoms with Crippen molar-refractivity contribution in [3.63, 3.8) is 0 Å². The first-order chi connectivity index (χ1) is 11.9. The maximum absolute atomic E-state index is 3.49. The standard InChI is InChI=1S/C24H29/c1-2-3-4-5-6-7-8-9-13-20-16-12-17-23-18-21-14-10-11-15-22(21)19-24(20)23/h10-12,14-15,17-19H,2-9,13H2,1H3. The molecule has 3 aromatic carbocycles. The van der Waals surface area contributed by atoms with Crippen LogP contribution in [-0.4, -0.2) is 0 Å². The molecule has 0 saturated heterocycles. The molecule has 0 aliphatic heterocycles. The van der Waals surface area contributed by atoms with Gasteiger partial charge >= 0.3 is 0 Å². The van der Waals surface area contributed by atoms with Gasteiger partial charge in [-0.1, -0.05) is 88.3 Å². The first kappa shape index (κ1) is 17.0. The molecule has 0 spiro atoms. The Bertz CT molecular complexity index is 769. The third kappa shape index (κ3) is 4.38. The van der Waals surface area contributed by atoms with Crippen LogP contribution in [0.25, 0.3) is 21.5 Å². The third-order valence-electron chi connectivity index (χ3n) is 5.04. The van der Waals surface area contributed by atoms with Crippen molar-refractivity contribution in [2.45, 2.75) is 64.7 Å². The molecule has 0 unspecified atom stereocenters. The summed E-state index contributed by atoms with van der Waals surface area (Å²) < 4.78 is 0. The lowest BCUT2D eigenvalue weighted by Gasteiger charge is -2.08. The average Bonchev–Trinajstić information content (AvgIpc) is 2.62. The summed E-state index contributed by atoms with van der Waals surface area (Å²) in [5.74, 6) is 0. The number of rotatable bonds is 9. The topological polar surface area (TPSA) is 0 Å². The Kier molecular flexibility index (Phi) is 6.29. The number of hydrogen-bond donors (Lipinski definition) is 0. The van der Waals surface area contributed by atoms with Gasteiger partial charge in [-0.3, -0.25) is 0 Å². The zero-order valence-electron chi connectivity index (χ0n) is 15.0. The van der Waals surface area contributed by atoms with Gasteiger partial charge in [0.1, 0.15) is 0 Å². The maximum atomic E-state index is 3.49. The predicted octanol–water partition coefficient (Wildman–Crippen LogP) is 7.48. The summed E-state index contributed by atoms with van der Waals surface area (Å²) in [6.07, 6.45) is 12.2. The quantitative estimate of drug-likeness (QED) is 0.283. The smallest absolute Gasteiger partial charge is 0.0139 e. The molecule has 0 heteroatoms. The van der Waals surface area contributed by atoms with Crippen molar-refractivity contribution in [3.05, 3.63) is 60.2 Å². The monoisotopic (exact) mass is 317 g/mol.